The van der Waals surface area contributed by atoms with Crippen molar-refractivity contribution in [1.29, 1.82) is 0 Å². The van der Waals surface area contributed by atoms with Gasteiger partial charge >= 0.3 is 0 Å². The largest absolute Gasteiger partial charge is 0.325 e. The van der Waals surface area contributed by atoms with Crippen molar-refractivity contribution < 1.29 is 18.8 Å². The molecule has 3 N–H and O–H groups in total. The SMILES string of the molecule is CC(=O)c1ccc(NC(=O)[C@@H]2NC3(CCCCC3)[C@@]3(C(=O)Nc4cc(Cl)ccc43)[C@H]2c2cccc(Cl)c2F)cc1. The summed E-state index contributed by atoms with van der Waals surface area (Å²) < 4.78 is 15.9. The van der Waals surface area contributed by atoms with E-state index in [1.165, 1.54) is 13.0 Å². The Balaban J connectivity index is 1.54. The third kappa shape index (κ3) is 3.98. The summed E-state index contributed by atoms with van der Waals surface area (Å²) in [6.45, 7) is 1.47. The van der Waals surface area contributed by atoms with Crippen molar-refractivity contribution in [3.8, 4) is 0 Å². The maximum absolute atomic E-state index is 15.9. The van der Waals surface area contributed by atoms with Crippen molar-refractivity contribution in [1.82, 2.24) is 5.32 Å². The fourth-order valence-corrected chi connectivity index (χ4v) is 7.58. The maximum Gasteiger partial charge on any atom is 0.242 e. The first-order chi connectivity index (χ1) is 19.2. The van der Waals surface area contributed by atoms with E-state index in [-0.39, 0.29) is 22.3 Å². The second kappa shape index (κ2) is 9.98. The highest BCUT2D eigenvalue weighted by atomic mass is 35.5. The number of Topliss-reactive ketones (excluding diaryl/α,β-unsaturated/α-hetero) is 1. The molecule has 0 bridgehead atoms. The van der Waals surface area contributed by atoms with Crippen LogP contribution in [0.3, 0.4) is 0 Å². The first-order valence-corrected chi connectivity index (χ1v) is 14.2. The van der Waals surface area contributed by atoms with Crippen molar-refractivity contribution in [2.24, 2.45) is 0 Å². The number of carbonyl (C=O) groups is 3. The van der Waals surface area contributed by atoms with Crippen LogP contribution in [0.2, 0.25) is 10.0 Å². The number of ketones is 1. The second-order valence-electron chi connectivity index (χ2n) is 11.0. The number of rotatable bonds is 4. The van der Waals surface area contributed by atoms with Crippen LogP contribution in [0, 0.1) is 5.82 Å². The van der Waals surface area contributed by atoms with Crippen LogP contribution >= 0.6 is 23.2 Å². The van der Waals surface area contributed by atoms with Crippen molar-refractivity contribution >= 4 is 52.2 Å². The van der Waals surface area contributed by atoms with Crippen LogP contribution in [-0.2, 0) is 15.0 Å². The molecule has 3 atom stereocenters. The number of anilines is 2. The number of benzene rings is 3. The molecular weight excluding hydrogens is 552 g/mol. The Morgan fingerprint density at radius 3 is 2.42 bits per heavy atom. The molecule has 2 spiro atoms. The van der Waals surface area contributed by atoms with E-state index in [1.54, 1.807) is 48.5 Å². The van der Waals surface area contributed by atoms with Crippen LogP contribution in [0.4, 0.5) is 15.8 Å². The topological polar surface area (TPSA) is 87.3 Å². The Morgan fingerprint density at radius 2 is 1.73 bits per heavy atom. The number of fused-ring (bicyclic) bond motifs is 3. The molecule has 6 rings (SSSR count). The van der Waals surface area contributed by atoms with Crippen LogP contribution in [0.1, 0.15) is 66.4 Å². The average molecular weight is 580 g/mol. The lowest BCUT2D eigenvalue weighted by Crippen LogP contribution is -2.60. The summed E-state index contributed by atoms with van der Waals surface area (Å²) in [7, 11) is 0. The standard InChI is InChI=1S/C31H28Cl2FN3O3/c1-17(38)18-8-11-20(12-9-18)35-28(39)27-25(21-6-5-7-23(33)26(21)34)31(30(37-27)14-3-2-4-15-30)22-13-10-19(32)16-24(22)36-29(31)40/h5-13,16,25,27,37H,2-4,14-15H2,1H3,(H,35,39)(H,36,40)/t25-,27+,31+/m0/s1. The van der Waals surface area contributed by atoms with E-state index >= 15 is 4.39 Å². The third-order valence-electron chi connectivity index (χ3n) is 8.86. The zero-order valence-electron chi connectivity index (χ0n) is 21.8. The summed E-state index contributed by atoms with van der Waals surface area (Å²) >= 11 is 12.6. The number of nitrogens with one attached hydrogen (secondary N) is 3. The molecule has 0 unspecified atom stereocenters. The number of halogens is 3. The molecule has 2 heterocycles. The summed E-state index contributed by atoms with van der Waals surface area (Å²) in [5.41, 5.74) is 0.373. The number of hydrogen-bond donors (Lipinski definition) is 3. The zero-order chi connectivity index (χ0) is 28.2. The van der Waals surface area contributed by atoms with E-state index < -0.39 is 34.6 Å². The Morgan fingerprint density at radius 1 is 1.00 bits per heavy atom. The lowest BCUT2D eigenvalue weighted by Gasteiger charge is -2.47. The van der Waals surface area contributed by atoms with Crippen LogP contribution in [0.15, 0.2) is 60.7 Å². The first-order valence-electron chi connectivity index (χ1n) is 13.4. The molecule has 2 aliphatic heterocycles. The molecule has 1 saturated carbocycles. The average Bonchev–Trinajstić information content (AvgIpc) is 3.38. The van der Waals surface area contributed by atoms with E-state index in [1.807, 2.05) is 6.07 Å². The van der Waals surface area contributed by atoms with Crippen molar-refractivity contribution in [2.45, 2.75) is 61.9 Å². The quantitative estimate of drug-likeness (QED) is 0.303. The minimum absolute atomic E-state index is 0.0778. The van der Waals surface area contributed by atoms with Crippen LogP contribution in [-0.4, -0.2) is 29.2 Å². The molecule has 3 aromatic carbocycles. The van der Waals surface area contributed by atoms with Gasteiger partial charge in [-0.3, -0.25) is 19.7 Å². The predicted molar refractivity (Wildman–Crippen MR) is 154 cm³/mol. The summed E-state index contributed by atoms with van der Waals surface area (Å²) in [5.74, 6) is -2.34. The van der Waals surface area contributed by atoms with Gasteiger partial charge in [0.1, 0.15) is 11.2 Å². The molecule has 3 aliphatic rings. The smallest absolute Gasteiger partial charge is 0.242 e. The number of carbonyl (C=O) groups excluding carboxylic acids is 3. The fourth-order valence-electron chi connectivity index (χ4n) is 7.23. The summed E-state index contributed by atoms with van der Waals surface area (Å²) in [4.78, 5) is 40.2. The summed E-state index contributed by atoms with van der Waals surface area (Å²) in [6.07, 6.45) is 3.99. The zero-order valence-corrected chi connectivity index (χ0v) is 23.3. The van der Waals surface area contributed by atoms with E-state index in [9.17, 15) is 14.4 Å². The molecular formula is C31H28Cl2FN3O3. The lowest BCUT2D eigenvalue weighted by atomic mass is 9.55. The molecule has 3 aromatic rings. The second-order valence-corrected chi connectivity index (χ2v) is 11.8. The first kappa shape index (κ1) is 26.9. The van der Waals surface area contributed by atoms with Crippen LogP contribution in [0.25, 0.3) is 0 Å². The van der Waals surface area contributed by atoms with E-state index in [2.05, 4.69) is 16.0 Å². The highest BCUT2D eigenvalue weighted by Gasteiger charge is 2.72. The monoisotopic (exact) mass is 579 g/mol. The van der Waals surface area contributed by atoms with Gasteiger partial charge in [-0.15, -0.1) is 0 Å². The van der Waals surface area contributed by atoms with E-state index in [0.29, 0.717) is 40.4 Å². The van der Waals surface area contributed by atoms with Crippen LogP contribution in [0.5, 0.6) is 0 Å². The maximum atomic E-state index is 15.9. The molecule has 206 valence electrons. The molecule has 2 amide bonds. The van der Waals surface area contributed by atoms with Gasteiger partial charge in [-0.1, -0.05) is 60.7 Å². The molecule has 9 heteroatoms. The normalized spacial score (nSPS) is 24.6. The lowest BCUT2D eigenvalue weighted by molar-refractivity contribution is -0.124. The van der Waals surface area contributed by atoms with E-state index in [4.69, 9.17) is 23.2 Å². The van der Waals surface area contributed by atoms with Crippen molar-refractivity contribution in [2.75, 3.05) is 10.6 Å². The van der Waals surface area contributed by atoms with E-state index in [0.717, 1.165) is 19.3 Å². The molecule has 1 saturated heterocycles. The number of amides is 2. The van der Waals surface area contributed by atoms with Gasteiger partial charge in [0.15, 0.2) is 5.78 Å². The van der Waals surface area contributed by atoms with Gasteiger partial charge in [-0.05, 0) is 73.4 Å². The van der Waals surface area contributed by atoms with Gasteiger partial charge in [0.2, 0.25) is 11.8 Å². The molecule has 0 aromatic heterocycles. The van der Waals surface area contributed by atoms with Crippen LogP contribution < -0.4 is 16.0 Å². The minimum atomic E-state index is -1.29. The van der Waals surface area contributed by atoms with Gasteiger partial charge in [0, 0.05) is 33.4 Å². The van der Waals surface area contributed by atoms with Gasteiger partial charge in [0.25, 0.3) is 0 Å². The Labute approximate surface area is 241 Å². The number of hydrogen-bond acceptors (Lipinski definition) is 4. The van der Waals surface area contributed by atoms with Gasteiger partial charge in [0.05, 0.1) is 11.1 Å². The van der Waals surface area contributed by atoms with Gasteiger partial charge in [-0.25, -0.2) is 4.39 Å². The molecule has 0 radical (unpaired) electrons. The minimum Gasteiger partial charge on any atom is -0.325 e. The predicted octanol–water partition coefficient (Wildman–Crippen LogP) is 6.62. The van der Waals surface area contributed by atoms with Gasteiger partial charge in [-0.2, -0.15) is 0 Å². The highest BCUT2D eigenvalue weighted by Crippen LogP contribution is 2.62. The Hall–Kier alpha value is -3.26. The van der Waals surface area contributed by atoms with Crippen molar-refractivity contribution in [3.63, 3.8) is 0 Å². The highest BCUT2D eigenvalue weighted by molar-refractivity contribution is 6.31. The third-order valence-corrected chi connectivity index (χ3v) is 9.39. The molecule has 1 aliphatic carbocycles. The fraction of sp³-hybridized carbons (Fsp3) is 0.323. The molecule has 6 nitrogen and oxygen atoms in total. The molecule has 40 heavy (non-hydrogen) atoms. The Kier molecular flexibility index (Phi) is 6.72. The van der Waals surface area contributed by atoms with Gasteiger partial charge < -0.3 is 10.6 Å². The van der Waals surface area contributed by atoms with Crippen molar-refractivity contribution in [3.05, 3.63) is 93.2 Å². The summed E-state index contributed by atoms with van der Waals surface area (Å²) in [5, 5.41) is 9.95. The summed E-state index contributed by atoms with van der Waals surface area (Å²) in [6, 6.07) is 15.6. The Bertz CT molecular complexity index is 1540. The molecule has 2 fully saturated rings.